The molecule has 2 unspecified atom stereocenters. The van der Waals surface area contributed by atoms with E-state index in [1.807, 2.05) is 0 Å². The molecule has 1 N–H and O–H groups in total. The van der Waals surface area contributed by atoms with Crippen LogP contribution in [0, 0.1) is 6.92 Å². The Morgan fingerprint density at radius 1 is 1.38 bits per heavy atom. The van der Waals surface area contributed by atoms with Crippen LogP contribution in [0.5, 0.6) is 0 Å². The third-order valence-electron chi connectivity index (χ3n) is 4.38. The minimum absolute atomic E-state index is 0.00213. The number of aromatic nitrogens is 1. The molecule has 0 saturated carbocycles. The Bertz CT molecular complexity index is 640. The highest BCUT2D eigenvalue weighted by Crippen LogP contribution is 2.37. The summed E-state index contributed by atoms with van der Waals surface area (Å²) in [5.74, 6) is 0.287. The van der Waals surface area contributed by atoms with Gasteiger partial charge in [-0.25, -0.2) is 8.42 Å². The lowest BCUT2D eigenvalue weighted by Crippen LogP contribution is -2.52. The highest BCUT2D eigenvalue weighted by molar-refractivity contribution is 7.88. The lowest BCUT2D eigenvalue weighted by Gasteiger charge is -2.37. The molecule has 2 atom stereocenters. The van der Waals surface area contributed by atoms with E-state index in [0.717, 1.165) is 12.8 Å². The van der Waals surface area contributed by atoms with E-state index >= 15 is 0 Å². The van der Waals surface area contributed by atoms with Crippen LogP contribution in [0.4, 0.5) is 0 Å². The van der Waals surface area contributed by atoms with Gasteiger partial charge in [-0.2, -0.15) is 4.31 Å². The Labute approximate surface area is 123 Å². The zero-order chi connectivity index (χ0) is 15.2. The number of fused-ring (bicyclic) bond motifs is 2. The monoisotopic (exact) mass is 313 g/mol. The first kappa shape index (κ1) is 14.5. The quantitative estimate of drug-likeness (QED) is 0.885. The van der Waals surface area contributed by atoms with E-state index in [9.17, 15) is 13.2 Å². The van der Waals surface area contributed by atoms with Gasteiger partial charge < -0.3 is 9.84 Å². The number of rotatable bonds is 3. The second-order valence-electron chi connectivity index (χ2n) is 5.92. The number of hydrogen-bond acceptors (Lipinski definition) is 5. The summed E-state index contributed by atoms with van der Waals surface area (Å²) in [6, 6.07) is 0.0162. The first-order valence-corrected chi connectivity index (χ1v) is 8.91. The summed E-state index contributed by atoms with van der Waals surface area (Å²) in [6.07, 6.45) is 5.74. The summed E-state index contributed by atoms with van der Waals surface area (Å²) in [5, 5.41) is 6.57. The molecule has 1 aromatic rings. The summed E-state index contributed by atoms with van der Waals surface area (Å²) >= 11 is 0. The maximum absolute atomic E-state index is 12.2. The summed E-state index contributed by atoms with van der Waals surface area (Å²) < 4.78 is 30.2. The molecule has 3 heterocycles. The standard InChI is InChI=1S/C13H19N3O4S/c1-8-12(7-14-20-8)13(17)15-9-5-10-3-4-11(6-9)16(10)21(2,18)19/h7,9-11H,3-6H2,1-2H3,(H,15,17). The molecule has 116 valence electrons. The first-order valence-electron chi connectivity index (χ1n) is 7.07. The fraction of sp³-hybridized carbons (Fsp3) is 0.692. The van der Waals surface area contributed by atoms with Crippen molar-refractivity contribution in [3.63, 3.8) is 0 Å². The third kappa shape index (κ3) is 2.69. The van der Waals surface area contributed by atoms with Gasteiger partial charge in [0.1, 0.15) is 11.3 Å². The average Bonchev–Trinajstić information content (AvgIpc) is 2.91. The molecule has 0 spiro atoms. The van der Waals surface area contributed by atoms with E-state index in [0.29, 0.717) is 24.2 Å². The molecule has 1 amide bonds. The molecule has 0 aromatic carbocycles. The molecule has 0 radical (unpaired) electrons. The number of carbonyl (C=O) groups excluding carboxylic acids is 1. The predicted molar refractivity (Wildman–Crippen MR) is 75.2 cm³/mol. The van der Waals surface area contributed by atoms with Gasteiger partial charge in [-0.1, -0.05) is 5.16 Å². The van der Waals surface area contributed by atoms with Crippen molar-refractivity contribution in [2.45, 2.75) is 50.7 Å². The molecule has 1 aromatic heterocycles. The molecule has 2 aliphatic rings. The van der Waals surface area contributed by atoms with Crippen molar-refractivity contribution in [1.29, 1.82) is 0 Å². The van der Waals surface area contributed by atoms with Gasteiger partial charge in [0.25, 0.3) is 5.91 Å². The zero-order valence-corrected chi connectivity index (χ0v) is 12.9. The van der Waals surface area contributed by atoms with E-state index in [-0.39, 0.29) is 24.0 Å². The maximum Gasteiger partial charge on any atom is 0.256 e. The number of aryl methyl sites for hydroxylation is 1. The maximum atomic E-state index is 12.2. The van der Waals surface area contributed by atoms with Gasteiger partial charge in [0.2, 0.25) is 10.0 Å². The number of piperidine rings is 1. The Morgan fingerprint density at radius 2 is 2.00 bits per heavy atom. The van der Waals surface area contributed by atoms with E-state index in [2.05, 4.69) is 10.5 Å². The van der Waals surface area contributed by atoms with Crippen molar-refractivity contribution in [1.82, 2.24) is 14.8 Å². The molecule has 2 saturated heterocycles. The first-order chi connectivity index (χ1) is 9.86. The predicted octanol–water partition coefficient (Wildman–Crippen LogP) is 0.668. The van der Waals surface area contributed by atoms with Crippen LogP contribution in [-0.2, 0) is 10.0 Å². The number of amides is 1. The molecule has 21 heavy (non-hydrogen) atoms. The van der Waals surface area contributed by atoms with Crippen molar-refractivity contribution in [2.24, 2.45) is 0 Å². The van der Waals surface area contributed by atoms with Crippen molar-refractivity contribution >= 4 is 15.9 Å². The van der Waals surface area contributed by atoms with E-state index < -0.39 is 10.0 Å². The Hall–Kier alpha value is -1.41. The van der Waals surface area contributed by atoms with Crippen LogP contribution in [0.15, 0.2) is 10.7 Å². The van der Waals surface area contributed by atoms with Gasteiger partial charge in [-0.05, 0) is 32.6 Å². The molecular formula is C13H19N3O4S. The van der Waals surface area contributed by atoms with Crippen LogP contribution in [0.2, 0.25) is 0 Å². The van der Waals surface area contributed by atoms with Gasteiger partial charge in [0.05, 0.1) is 12.5 Å². The van der Waals surface area contributed by atoms with Crippen LogP contribution in [-0.4, -0.2) is 48.2 Å². The number of sulfonamides is 1. The van der Waals surface area contributed by atoms with Gasteiger partial charge >= 0.3 is 0 Å². The smallest absolute Gasteiger partial charge is 0.256 e. The Morgan fingerprint density at radius 3 is 2.48 bits per heavy atom. The summed E-state index contributed by atoms with van der Waals surface area (Å²) in [4.78, 5) is 12.2. The molecule has 2 aliphatic heterocycles. The molecule has 0 aliphatic carbocycles. The molecule has 8 heteroatoms. The van der Waals surface area contributed by atoms with Crippen molar-refractivity contribution < 1.29 is 17.7 Å². The van der Waals surface area contributed by atoms with Crippen molar-refractivity contribution in [3.8, 4) is 0 Å². The second-order valence-corrected chi connectivity index (χ2v) is 7.80. The topological polar surface area (TPSA) is 92.5 Å². The van der Waals surface area contributed by atoms with Gasteiger partial charge in [0.15, 0.2) is 0 Å². The number of nitrogens with one attached hydrogen (secondary N) is 1. The van der Waals surface area contributed by atoms with Gasteiger partial charge in [-0.3, -0.25) is 4.79 Å². The minimum atomic E-state index is -3.17. The minimum Gasteiger partial charge on any atom is -0.361 e. The van der Waals surface area contributed by atoms with Gasteiger partial charge in [0, 0.05) is 18.1 Å². The molecule has 2 fully saturated rings. The molecule has 7 nitrogen and oxygen atoms in total. The lowest BCUT2D eigenvalue weighted by atomic mass is 9.99. The number of hydrogen-bond donors (Lipinski definition) is 1. The molecule has 3 rings (SSSR count). The number of carbonyl (C=O) groups is 1. The largest absolute Gasteiger partial charge is 0.361 e. The van der Waals surface area contributed by atoms with Crippen LogP contribution in [0.1, 0.15) is 41.8 Å². The van der Waals surface area contributed by atoms with E-state index in [1.54, 1.807) is 11.2 Å². The second kappa shape index (κ2) is 5.10. The van der Waals surface area contributed by atoms with Crippen LogP contribution in [0.3, 0.4) is 0 Å². The fourth-order valence-electron chi connectivity index (χ4n) is 3.57. The summed E-state index contributed by atoms with van der Waals surface area (Å²) in [7, 11) is -3.17. The SMILES string of the molecule is Cc1oncc1C(=O)NC1CC2CCC(C1)N2S(C)(=O)=O. The normalized spacial score (nSPS) is 29.5. The Balaban J connectivity index is 1.69. The number of nitrogens with zero attached hydrogens (tertiary/aromatic N) is 2. The summed E-state index contributed by atoms with van der Waals surface area (Å²) in [6.45, 7) is 1.69. The highest BCUT2D eigenvalue weighted by Gasteiger charge is 2.45. The highest BCUT2D eigenvalue weighted by atomic mass is 32.2. The molecular weight excluding hydrogens is 294 g/mol. The van der Waals surface area contributed by atoms with Crippen LogP contribution in [0.25, 0.3) is 0 Å². The van der Waals surface area contributed by atoms with Crippen LogP contribution < -0.4 is 5.32 Å². The third-order valence-corrected chi connectivity index (χ3v) is 5.74. The van der Waals surface area contributed by atoms with Gasteiger partial charge in [-0.15, -0.1) is 0 Å². The van der Waals surface area contributed by atoms with Crippen molar-refractivity contribution in [2.75, 3.05) is 6.26 Å². The fourth-order valence-corrected chi connectivity index (χ4v) is 5.04. The van der Waals surface area contributed by atoms with Crippen molar-refractivity contribution in [3.05, 3.63) is 17.5 Å². The van der Waals surface area contributed by atoms with E-state index in [1.165, 1.54) is 12.5 Å². The lowest BCUT2D eigenvalue weighted by molar-refractivity contribution is 0.0908. The van der Waals surface area contributed by atoms with E-state index in [4.69, 9.17) is 4.52 Å². The molecule has 2 bridgehead atoms. The average molecular weight is 313 g/mol. The summed E-state index contributed by atoms with van der Waals surface area (Å²) in [5.41, 5.74) is 0.438. The zero-order valence-electron chi connectivity index (χ0n) is 12.1. The van der Waals surface area contributed by atoms with Crippen LogP contribution >= 0.6 is 0 Å². The Kier molecular flexibility index (Phi) is 3.53.